The van der Waals surface area contributed by atoms with E-state index in [1.165, 1.54) is 25.9 Å². The molecular weight excluding hydrogens is 150 g/mol. The molecule has 0 aromatic carbocycles. The average Bonchev–Trinajstić information content (AvgIpc) is 1.97. The fourth-order valence-corrected chi connectivity index (χ4v) is 2.97. The lowest BCUT2D eigenvalue weighted by atomic mass is 10.3. The third kappa shape index (κ3) is 6.57. The van der Waals surface area contributed by atoms with Gasteiger partial charge in [0.05, 0.1) is 9.68 Å². The molecule has 0 saturated carbocycles. The van der Waals surface area contributed by atoms with E-state index in [1.54, 1.807) is 0 Å². The predicted octanol–water partition coefficient (Wildman–Crippen LogP) is 2.02. The first kappa shape index (κ1) is 11.2. The summed E-state index contributed by atoms with van der Waals surface area (Å²) >= 11 is 0. The van der Waals surface area contributed by atoms with Gasteiger partial charge in [-0.15, -0.1) is 0 Å². The van der Waals surface area contributed by atoms with Gasteiger partial charge in [-0.25, -0.2) is 0 Å². The highest BCUT2D eigenvalue weighted by molar-refractivity contribution is 6.33. The molecule has 2 heteroatoms. The Morgan fingerprint density at radius 2 is 1.91 bits per heavy atom. The quantitative estimate of drug-likeness (QED) is 0.556. The van der Waals surface area contributed by atoms with E-state index < -0.39 is 0 Å². The van der Waals surface area contributed by atoms with Crippen LogP contribution in [0, 0.1) is 0 Å². The Balaban J connectivity index is 3.41. The Labute approximate surface area is 74.1 Å². The topological polar surface area (TPSA) is 3.24 Å². The summed E-state index contributed by atoms with van der Waals surface area (Å²) in [6.07, 6.45) is 2.72. The van der Waals surface area contributed by atoms with Gasteiger partial charge >= 0.3 is 0 Å². The molecule has 0 rings (SSSR count). The van der Waals surface area contributed by atoms with Crippen molar-refractivity contribution >= 4 is 9.68 Å². The van der Waals surface area contributed by atoms with Crippen molar-refractivity contribution in [2.24, 2.45) is 0 Å². The van der Waals surface area contributed by atoms with Crippen LogP contribution >= 0.6 is 0 Å². The minimum Gasteiger partial charge on any atom is -0.329 e. The molecular formula is C9H23NSi. The minimum atomic E-state index is 0.0731. The molecule has 0 aliphatic rings. The van der Waals surface area contributed by atoms with Gasteiger partial charge in [0.15, 0.2) is 0 Å². The molecule has 0 atom stereocenters. The number of hydrogen-bond donors (Lipinski definition) is 0. The van der Waals surface area contributed by atoms with Gasteiger partial charge in [0.2, 0.25) is 0 Å². The maximum atomic E-state index is 2.67. The third-order valence-electron chi connectivity index (χ3n) is 1.90. The first-order valence-electron chi connectivity index (χ1n) is 4.93. The molecule has 0 aliphatic heterocycles. The van der Waals surface area contributed by atoms with E-state index in [2.05, 4.69) is 32.3 Å². The van der Waals surface area contributed by atoms with Crippen LogP contribution in [0.1, 0.15) is 40.5 Å². The third-order valence-corrected chi connectivity index (χ3v) is 3.91. The Morgan fingerprint density at radius 3 is 2.27 bits per heavy atom. The molecule has 0 unspecified atom stereocenters. The molecule has 0 N–H and O–H groups in total. The maximum absolute atomic E-state index is 2.67. The van der Waals surface area contributed by atoms with E-state index in [-0.39, 0.29) is 9.68 Å². The number of nitrogens with zero attached hydrogens (tertiary/aromatic N) is 1. The molecule has 0 radical (unpaired) electrons. The zero-order valence-electron chi connectivity index (χ0n) is 8.56. The highest BCUT2D eigenvalue weighted by atomic mass is 28.2. The van der Waals surface area contributed by atoms with Crippen LogP contribution in [0.4, 0.5) is 0 Å². The number of rotatable bonds is 6. The lowest BCUT2D eigenvalue weighted by Crippen LogP contribution is -2.30. The van der Waals surface area contributed by atoms with E-state index in [9.17, 15) is 0 Å². The molecule has 0 heterocycles. The van der Waals surface area contributed by atoms with Crippen molar-refractivity contribution in [2.75, 3.05) is 13.1 Å². The van der Waals surface area contributed by atoms with Crippen LogP contribution in [-0.4, -0.2) is 27.3 Å². The van der Waals surface area contributed by atoms with Gasteiger partial charge in [0, 0.05) is 0 Å². The summed E-state index contributed by atoms with van der Waals surface area (Å²) in [6.45, 7) is 11.9. The van der Waals surface area contributed by atoms with E-state index in [0.717, 1.165) is 5.54 Å². The molecule has 11 heavy (non-hydrogen) atoms. The van der Waals surface area contributed by atoms with Gasteiger partial charge in [-0.05, 0) is 25.1 Å². The Bertz CT molecular complexity index is 83.6. The standard InChI is InChI=1S/C9H23NSi/c1-5-7-8-10(6-2)11-9(3)4/h9H,5-8,11H2,1-4H3. The molecule has 68 valence electrons. The van der Waals surface area contributed by atoms with Crippen molar-refractivity contribution in [3.05, 3.63) is 0 Å². The van der Waals surface area contributed by atoms with Crippen LogP contribution in [-0.2, 0) is 0 Å². The van der Waals surface area contributed by atoms with Gasteiger partial charge in [0.25, 0.3) is 0 Å². The summed E-state index contributed by atoms with van der Waals surface area (Å²) in [5.74, 6) is 0. The molecule has 0 bridgehead atoms. The molecule has 0 fully saturated rings. The summed E-state index contributed by atoms with van der Waals surface area (Å²) < 4.78 is 2.67. The average molecular weight is 173 g/mol. The second-order valence-electron chi connectivity index (χ2n) is 3.64. The normalized spacial score (nSPS) is 12.5. The summed E-state index contributed by atoms with van der Waals surface area (Å²) in [5.41, 5.74) is 0.951. The number of unbranched alkanes of at least 4 members (excludes halogenated alkanes) is 1. The monoisotopic (exact) mass is 173 g/mol. The van der Waals surface area contributed by atoms with Crippen LogP contribution in [0.3, 0.4) is 0 Å². The fraction of sp³-hybridized carbons (Fsp3) is 1.00. The van der Waals surface area contributed by atoms with Crippen molar-refractivity contribution in [3.63, 3.8) is 0 Å². The van der Waals surface area contributed by atoms with E-state index in [4.69, 9.17) is 0 Å². The van der Waals surface area contributed by atoms with E-state index in [1.807, 2.05) is 0 Å². The number of hydrogen-bond acceptors (Lipinski definition) is 1. The fourth-order valence-electron chi connectivity index (χ4n) is 1.28. The van der Waals surface area contributed by atoms with Crippen molar-refractivity contribution in [3.8, 4) is 0 Å². The van der Waals surface area contributed by atoms with Gasteiger partial charge in [-0.3, -0.25) is 0 Å². The van der Waals surface area contributed by atoms with Crippen molar-refractivity contribution in [1.29, 1.82) is 0 Å². The zero-order valence-corrected chi connectivity index (χ0v) is 9.97. The second-order valence-corrected chi connectivity index (χ2v) is 6.53. The van der Waals surface area contributed by atoms with Crippen LogP contribution in [0.25, 0.3) is 0 Å². The largest absolute Gasteiger partial charge is 0.329 e. The van der Waals surface area contributed by atoms with Crippen molar-refractivity contribution in [2.45, 2.75) is 46.1 Å². The van der Waals surface area contributed by atoms with Crippen LogP contribution in [0.15, 0.2) is 0 Å². The first-order chi connectivity index (χ1) is 5.20. The Hall–Kier alpha value is 0.177. The summed E-state index contributed by atoms with van der Waals surface area (Å²) in [5, 5.41) is 0. The van der Waals surface area contributed by atoms with Crippen molar-refractivity contribution < 1.29 is 0 Å². The highest BCUT2D eigenvalue weighted by Gasteiger charge is 2.03. The van der Waals surface area contributed by atoms with Gasteiger partial charge in [-0.1, -0.05) is 34.1 Å². The minimum absolute atomic E-state index is 0.0731. The lowest BCUT2D eigenvalue weighted by molar-refractivity contribution is 0.446. The SMILES string of the molecule is CCCCN(CC)[SiH2]C(C)C. The van der Waals surface area contributed by atoms with Crippen LogP contribution < -0.4 is 0 Å². The first-order valence-corrected chi connectivity index (χ1v) is 6.37. The molecule has 0 aliphatic carbocycles. The Kier molecular flexibility index (Phi) is 6.97. The van der Waals surface area contributed by atoms with Gasteiger partial charge in [0.1, 0.15) is 0 Å². The van der Waals surface area contributed by atoms with Crippen molar-refractivity contribution in [1.82, 2.24) is 4.57 Å². The molecule has 1 nitrogen and oxygen atoms in total. The van der Waals surface area contributed by atoms with E-state index in [0.29, 0.717) is 0 Å². The second kappa shape index (κ2) is 6.86. The Morgan fingerprint density at radius 1 is 1.27 bits per heavy atom. The van der Waals surface area contributed by atoms with E-state index >= 15 is 0 Å². The zero-order chi connectivity index (χ0) is 8.69. The summed E-state index contributed by atoms with van der Waals surface area (Å²) in [4.78, 5) is 0. The van der Waals surface area contributed by atoms with Crippen LogP contribution in [0.5, 0.6) is 0 Å². The predicted molar refractivity (Wildman–Crippen MR) is 55.8 cm³/mol. The maximum Gasteiger partial charge on any atom is 0.0975 e. The molecule has 0 spiro atoms. The smallest absolute Gasteiger partial charge is 0.0975 e. The molecule has 0 amide bonds. The highest BCUT2D eigenvalue weighted by Crippen LogP contribution is 2.02. The molecule has 0 saturated heterocycles. The summed E-state index contributed by atoms with van der Waals surface area (Å²) in [7, 11) is 0.0731. The molecule has 0 aromatic rings. The van der Waals surface area contributed by atoms with Gasteiger partial charge in [-0.2, -0.15) is 0 Å². The van der Waals surface area contributed by atoms with Gasteiger partial charge < -0.3 is 4.57 Å². The van der Waals surface area contributed by atoms with Crippen LogP contribution in [0.2, 0.25) is 5.54 Å². The lowest BCUT2D eigenvalue weighted by Gasteiger charge is -2.21. The summed E-state index contributed by atoms with van der Waals surface area (Å²) in [6, 6.07) is 0. The molecule has 0 aromatic heterocycles.